The van der Waals surface area contributed by atoms with Crippen molar-refractivity contribution in [2.24, 2.45) is 0 Å². The van der Waals surface area contributed by atoms with Crippen LogP contribution in [0.3, 0.4) is 0 Å². The van der Waals surface area contributed by atoms with E-state index in [0.717, 1.165) is 25.0 Å². The molecule has 0 spiro atoms. The number of carboxylic acid groups (broad SMARTS) is 1. The number of rotatable bonds is 10. The standard InChI is InChI=1S/C14H22N2O5/c1-2-3-4-10-6-16-11(7-15-10)5-12(18)13(8-17)21-9-14(19)20/h6-7,12-13,17-18H,2-5,8-9H2,1H3,(H,19,20)/t12-,13+/m0/s1. The minimum Gasteiger partial charge on any atom is -0.480 e. The van der Waals surface area contributed by atoms with Crippen molar-refractivity contribution < 1.29 is 24.9 Å². The molecule has 0 bridgehead atoms. The van der Waals surface area contributed by atoms with Crippen LogP contribution in [0.5, 0.6) is 0 Å². The van der Waals surface area contributed by atoms with Crippen LogP contribution in [0.1, 0.15) is 31.2 Å². The van der Waals surface area contributed by atoms with E-state index in [-0.39, 0.29) is 6.42 Å². The van der Waals surface area contributed by atoms with Crippen LogP contribution in [0.2, 0.25) is 0 Å². The molecule has 118 valence electrons. The largest absolute Gasteiger partial charge is 0.480 e. The Morgan fingerprint density at radius 1 is 1.33 bits per heavy atom. The zero-order chi connectivity index (χ0) is 15.7. The number of aliphatic carboxylic acids is 1. The van der Waals surface area contributed by atoms with E-state index in [1.54, 1.807) is 12.4 Å². The maximum absolute atomic E-state index is 10.4. The number of carbonyl (C=O) groups is 1. The molecule has 1 heterocycles. The van der Waals surface area contributed by atoms with E-state index >= 15 is 0 Å². The molecule has 1 aromatic rings. The lowest BCUT2D eigenvalue weighted by Crippen LogP contribution is -2.35. The summed E-state index contributed by atoms with van der Waals surface area (Å²) in [5.74, 6) is -1.15. The quantitative estimate of drug-likeness (QED) is 0.565. The molecule has 0 aliphatic rings. The van der Waals surface area contributed by atoms with Gasteiger partial charge < -0.3 is 20.1 Å². The van der Waals surface area contributed by atoms with E-state index in [4.69, 9.17) is 14.9 Å². The Labute approximate surface area is 123 Å². The summed E-state index contributed by atoms with van der Waals surface area (Å²) in [6, 6.07) is 0. The average Bonchev–Trinajstić information content (AvgIpc) is 2.47. The molecule has 2 atom stereocenters. The molecule has 3 N–H and O–H groups in total. The smallest absolute Gasteiger partial charge is 0.329 e. The van der Waals surface area contributed by atoms with E-state index < -0.39 is 31.4 Å². The summed E-state index contributed by atoms with van der Waals surface area (Å²) in [6.07, 6.45) is 4.41. The van der Waals surface area contributed by atoms with E-state index in [0.29, 0.717) is 5.69 Å². The molecule has 0 fully saturated rings. The molecule has 0 saturated carbocycles. The number of ether oxygens (including phenoxy) is 1. The molecule has 0 aromatic carbocycles. The third-order valence-electron chi connectivity index (χ3n) is 2.99. The van der Waals surface area contributed by atoms with Crippen LogP contribution in [0.15, 0.2) is 12.4 Å². The van der Waals surface area contributed by atoms with Gasteiger partial charge in [-0.2, -0.15) is 0 Å². The highest BCUT2D eigenvalue weighted by molar-refractivity contribution is 5.68. The van der Waals surface area contributed by atoms with Crippen molar-refractivity contribution in [3.8, 4) is 0 Å². The molecule has 0 unspecified atom stereocenters. The maximum atomic E-state index is 10.4. The van der Waals surface area contributed by atoms with Gasteiger partial charge in [0.25, 0.3) is 0 Å². The summed E-state index contributed by atoms with van der Waals surface area (Å²) in [5, 5.41) is 27.6. The van der Waals surface area contributed by atoms with Crippen molar-refractivity contribution in [3.05, 3.63) is 23.8 Å². The third-order valence-corrected chi connectivity index (χ3v) is 2.99. The van der Waals surface area contributed by atoms with Gasteiger partial charge in [0, 0.05) is 18.8 Å². The summed E-state index contributed by atoms with van der Waals surface area (Å²) < 4.78 is 4.92. The summed E-state index contributed by atoms with van der Waals surface area (Å²) in [4.78, 5) is 18.9. The summed E-state index contributed by atoms with van der Waals surface area (Å²) in [6.45, 7) is 1.07. The summed E-state index contributed by atoms with van der Waals surface area (Å²) in [7, 11) is 0. The molecule has 21 heavy (non-hydrogen) atoms. The number of hydrogen-bond acceptors (Lipinski definition) is 6. The fourth-order valence-electron chi connectivity index (χ4n) is 1.78. The topological polar surface area (TPSA) is 113 Å². The first-order valence-electron chi connectivity index (χ1n) is 6.99. The van der Waals surface area contributed by atoms with Gasteiger partial charge in [-0.3, -0.25) is 9.97 Å². The Hall–Kier alpha value is -1.57. The zero-order valence-corrected chi connectivity index (χ0v) is 12.1. The molecule has 0 saturated heterocycles. The highest BCUT2D eigenvalue weighted by Gasteiger charge is 2.21. The van der Waals surface area contributed by atoms with Crippen molar-refractivity contribution in [2.45, 2.75) is 44.8 Å². The van der Waals surface area contributed by atoms with Crippen LogP contribution < -0.4 is 0 Å². The first kappa shape index (κ1) is 17.5. The Kier molecular flexibility index (Phi) is 7.81. The molecule has 0 aliphatic carbocycles. The lowest BCUT2D eigenvalue weighted by atomic mass is 10.1. The van der Waals surface area contributed by atoms with Crippen molar-refractivity contribution in [3.63, 3.8) is 0 Å². The number of nitrogens with zero attached hydrogens (tertiary/aromatic N) is 2. The van der Waals surface area contributed by atoms with Crippen molar-refractivity contribution in [1.29, 1.82) is 0 Å². The van der Waals surface area contributed by atoms with Gasteiger partial charge in [0.05, 0.1) is 24.1 Å². The van der Waals surface area contributed by atoms with Crippen molar-refractivity contribution in [2.75, 3.05) is 13.2 Å². The number of aromatic nitrogens is 2. The summed E-state index contributed by atoms with van der Waals surface area (Å²) in [5.41, 5.74) is 1.47. The van der Waals surface area contributed by atoms with Crippen LogP contribution in [-0.2, 0) is 22.4 Å². The molecule has 7 heteroatoms. The molecule has 0 amide bonds. The van der Waals surface area contributed by atoms with Crippen LogP contribution in [0, 0.1) is 0 Å². The lowest BCUT2D eigenvalue weighted by molar-refractivity contribution is -0.148. The molecule has 7 nitrogen and oxygen atoms in total. The van der Waals surface area contributed by atoms with Gasteiger partial charge in [0.2, 0.25) is 0 Å². The summed E-state index contributed by atoms with van der Waals surface area (Å²) >= 11 is 0. The maximum Gasteiger partial charge on any atom is 0.329 e. The van der Waals surface area contributed by atoms with Gasteiger partial charge in [0.1, 0.15) is 12.7 Å². The number of hydrogen-bond donors (Lipinski definition) is 3. The zero-order valence-electron chi connectivity index (χ0n) is 12.1. The first-order valence-corrected chi connectivity index (χ1v) is 6.99. The Morgan fingerprint density at radius 2 is 2.00 bits per heavy atom. The van der Waals surface area contributed by atoms with Crippen LogP contribution in [-0.4, -0.2) is 56.7 Å². The molecule has 0 radical (unpaired) electrons. The van der Waals surface area contributed by atoms with Gasteiger partial charge in [-0.1, -0.05) is 13.3 Å². The van der Waals surface area contributed by atoms with Gasteiger partial charge in [-0.15, -0.1) is 0 Å². The number of carboxylic acids is 1. The fraction of sp³-hybridized carbons (Fsp3) is 0.643. The van der Waals surface area contributed by atoms with Gasteiger partial charge in [-0.05, 0) is 12.8 Å². The minimum atomic E-state index is -1.15. The second-order valence-electron chi connectivity index (χ2n) is 4.80. The third kappa shape index (κ3) is 6.61. The minimum absolute atomic E-state index is 0.145. The van der Waals surface area contributed by atoms with E-state index in [1.807, 2.05) is 0 Å². The van der Waals surface area contributed by atoms with Crippen LogP contribution in [0.4, 0.5) is 0 Å². The van der Waals surface area contributed by atoms with Crippen LogP contribution in [0.25, 0.3) is 0 Å². The Bertz CT molecular complexity index is 424. The van der Waals surface area contributed by atoms with Gasteiger partial charge in [0.15, 0.2) is 0 Å². The SMILES string of the molecule is CCCCc1cnc(C[C@H](O)[C@@H](CO)OCC(=O)O)cn1. The number of unbranched alkanes of at least 4 members (excludes halogenated alkanes) is 1. The van der Waals surface area contributed by atoms with Crippen molar-refractivity contribution >= 4 is 5.97 Å². The number of aryl methyl sites for hydroxylation is 1. The lowest BCUT2D eigenvalue weighted by Gasteiger charge is -2.20. The molecule has 1 rings (SSSR count). The fourth-order valence-corrected chi connectivity index (χ4v) is 1.78. The normalized spacial score (nSPS) is 13.9. The first-order chi connectivity index (χ1) is 10.1. The molecular formula is C14H22N2O5. The highest BCUT2D eigenvalue weighted by atomic mass is 16.5. The molecule has 0 aliphatic heterocycles. The predicted molar refractivity (Wildman–Crippen MR) is 74.8 cm³/mol. The Morgan fingerprint density at radius 3 is 2.52 bits per heavy atom. The molecular weight excluding hydrogens is 276 g/mol. The second kappa shape index (κ2) is 9.38. The Balaban J connectivity index is 2.51. The predicted octanol–water partition coefficient (Wildman–Crippen LogP) is 0.185. The molecule has 1 aromatic heterocycles. The monoisotopic (exact) mass is 298 g/mol. The van der Waals surface area contributed by atoms with Crippen molar-refractivity contribution in [1.82, 2.24) is 9.97 Å². The van der Waals surface area contributed by atoms with Gasteiger partial charge in [-0.25, -0.2) is 4.79 Å². The second-order valence-corrected chi connectivity index (χ2v) is 4.80. The van der Waals surface area contributed by atoms with E-state index in [1.165, 1.54) is 0 Å². The van der Waals surface area contributed by atoms with E-state index in [2.05, 4.69) is 16.9 Å². The number of aliphatic hydroxyl groups is 2. The van der Waals surface area contributed by atoms with Crippen LogP contribution >= 0.6 is 0 Å². The number of aliphatic hydroxyl groups excluding tert-OH is 2. The highest BCUT2D eigenvalue weighted by Crippen LogP contribution is 2.07. The average molecular weight is 298 g/mol. The van der Waals surface area contributed by atoms with E-state index in [9.17, 15) is 9.90 Å². The van der Waals surface area contributed by atoms with Gasteiger partial charge >= 0.3 is 5.97 Å².